The number of para-hydroxylation sites is 1. The molecule has 0 spiro atoms. The molecule has 0 aromatic heterocycles. The molecule has 24 heavy (non-hydrogen) atoms. The fourth-order valence-electron chi connectivity index (χ4n) is 2.29. The maximum Gasteiger partial charge on any atom is 0.332 e. The fourth-order valence-corrected chi connectivity index (χ4v) is 3.32. The van der Waals surface area contributed by atoms with Gasteiger partial charge in [0.2, 0.25) is 0 Å². The average molecular weight is 343 g/mol. The van der Waals surface area contributed by atoms with Crippen molar-refractivity contribution < 1.29 is 9.18 Å². The van der Waals surface area contributed by atoms with Crippen molar-refractivity contribution in [3.8, 4) is 0 Å². The van der Waals surface area contributed by atoms with Crippen LogP contribution >= 0.6 is 11.8 Å². The third-order valence-electron chi connectivity index (χ3n) is 3.47. The van der Waals surface area contributed by atoms with E-state index in [4.69, 9.17) is 0 Å². The minimum absolute atomic E-state index is 0.0431. The maximum absolute atomic E-state index is 13.0. The summed E-state index contributed by atoms with van der Waals surface area (Å²) in [5.74, 6) is -0.342. The highest BCUT2D eigenvalue weighted by Gasteiger charge is 2.33. The van der Waals surface area contributed by atoms with Crippen LogP contribution in [0.5, 0.6) is 0 Å². The largest absolute Gasteiger partial charge is 0.332 e. The van der Waals surface area contributed by atoms with Crippen LogP contribution in [0, 0.1) is 5.82 Å². The molecule has 1 N–H and O–H groups in total. The topological polar surface area (TPSA) is 44.7 Å². The van der Waals surface area contributed by atoms with Gasteiger partial charge in [-0.2, -0.15) is 0 Å². The summed E-state index contributed by atoms with van der Waals surface area (Å²) in [5, 5.41) is 3.46. The molecule has 0 fully saturated rings. The van der Waals surface area contributed by atoms with Crippen LogP contribution < -0.4 is 10.2 Å². The van der Waals surface area contributed by atoms with E-state index in [1.54, 1.807) is 16.7 Å². The summed E-state index contributed by atoms with van der Waals surface area (Å²) in [6.07, 6.45) is 0. The third-order valence-corrected chi connectivity index (χ3v) is 4.64. The zero-order valence-corrected chi connectivity index (χ0v) is 14.3. The second-order valence-electron chi connectivity index (χ2n) is 6.07. The summed E-state index contributed by atoms with van der Waals surface area (Å²) in [6, 6.07) is 14.7. The Morgan fingerprint density at radius 1 is 1.17 bits per heavy atom. The predicted octanol–water partition coefficient (Wildman–Crippen LogP) is 4.75. The lowest BCUT2D eigenvalue weighted by molar-refractivity contribution is 0.259. The average Bonchev–Trinajstić information content (AvgIpc) is 2.90. The summed E-state index contributed by atoms with van der Waals surface area (Å²) in [7, 11) is 0. The molecular formula is C18H18FN3OS. The van der Waals surface area contributed by atoms with Crippen LogP contribution in [0.25, 0.3) is 0 Å². The summed E-state index contributed by atoms with van der Waals surface area (Å²) in [5.41, 5.74) is 1.27. The monoisotopic (exact) mass is 343 g/mol. The lowest BCUT2D eigenvalue weighted by atomic mass is 10.2. The van der Waals surface area contributed by atoms with Crippen molar-refractivity contribution >= 4 is 34.3 Å². The fraction of sp³-hybridized carbons (Fsp3) is 0.222. The number of anilines is 2. The van der Waals surface area contributed by atoms with Crippen molar-refractivity contribution in [3.05, 3.63) is 60.4 Å². The zero-order valence-electron chi connectivity index (χ0n) is 13.5. The Kier molecular flexibility index (Phi) is 4.57. The van der Waals surface area contributed by atoms with E-state index in [0.29, 0.717) is 17.4 Å². The molecule has 6 heteroatoms. The highest BCUT2D eigenvalue weighted by atomic mass is 32.2. The van der Waals surface area contributed by atoms with Gasteiger partial charge in [0.1, 0.15) is 5.82 Å². The van der Waals surface area contributed by atoms with Gasteiger partial charge < -0.3 is 5.32 Å². The van der Waals surface area contributed by atoms with Crippen LogP contribution in [0.1, 0.15) is 13.8 Å². The van der Waals surface area contributed by atoms with E-state index >= 15 is 0 Å². The number of hydrogen-bond donors (Lipinski definition) is 1. The SMILES string of the molecule is CC1(C)CN=C(N(C(=O)Nc2ccc(F)cc2)c2ccccc2)S1. The Balaban J connectivity index is 1.87. The molecule has 3 rings (SSSR count). The van der Waals surface area contributed by atoms with Gasteiger partial charge in [0, 0.05) is 10.4 Å². The van der Waals surface area contributed by atoms with Crippen molar-refractivity contribution in [2.75, 3.05) is 16.8 Å². The van der Waals surface area contributed by atoms with Crippen LogP contribution in [-0.4, -0.2) is 22.5 Å². The predicted molar refractivity (Wildman–Crippen MR) is 98.3 cm³/mol. The second-order valence-corrected chi connectivity index (χ2v) is 7.74. The number of carbonyl (C=O) groups is 1. The van der Waals surface area contributed by atoms with Crippen molar-refractivity contribution in [2.24, 2.45) is 4.99 Å². The van der Waals surface area contributed by atoms with Crippen molar-refractivity contribution in [1.82, 2.24) is 0 Å². The highest BCUT2D eigenvalue weighted by molar-refractivity contribution is 8.15. The van der Waals surface area contributed by atoms with Crippen molar-refractivity contribution in [3.63, 3.8) is 0 Å². The number of rotatable bonds is 2. The Bertz CT molecular complexity index is 760. The molecule has 2 amide bonds. The van der Waals surface area contributed by atoms with Gasteiger partial charge in [-0.15, -0.1) is 0 Å². The molecule has 0 radical (unpaired) electrons. The normalized spacial score (nSPS) is 15.7. The Labute approximate surface area is 144 Å². The van der Waals surface area contributed by atoms with Gasteiger partial charge in [0.05, 0.1) is 12.2 Å². The van der Waals surface area contributed by atoms with Crippen LogP contribution in [0.3, 0.4) is 0 Å². The van der Waals surface area contributed by atoms with Gasteiger partial charge in [0.15, 0.2) is 5.17 Å². The van der Waals surface area contributed by atoms with E-state index in [9.17, 15) is 9.18 Å². The number of halogens is 1. The minimum atomic E-state index is -0.342. The maximum atomic E-state index is 13.0. The molecule has 2 aromatic rings. The van der Waals surface area contributed by atoms with Gasteiger partial charge in [-0.05, 0) is 50.2 Å². The number of nitrogens with zero attached hydrogens (tertiary/aromatic N) is 2. The van der Waals surface area contributed by atoms with E-state index in [2.05, 4.69) is 24.2 Å². The molecule has 0 atom stereocenters. The van der Waals surface area contributed by atoms with Crippen LogP contribution in [-0.2, 0) is 0 Å². The summed E-state index contributed by atoms with van der Waals surface area (Å²) in [6.45, 7) is 4.84. The van der Waals surface area contributed by atoms with E-state index < -0.39 is 0 Å². The molecule has 0 unspecified atom stereocenters. The van der Waals surface area contributed by atoms with Crippen molar-refractivity contribution in [1.29, 1.82) is 0 Å². The number of amidine groups is 1. The number of thioether (sulfide) groups is 1. The van der Waals surface area contributed by atoms with Crippen molar-refractivity contribution in [2.45, 2.75) is 18.6 Å². The first-order chi connectivity index (χ1) is 11.4. The van der Waals surface area contributed by atoms with Gasteiger partial charge in [-0.3, -0.25) is 4.99 Å². The Morgan fingerprint density at radius 3 is 2.42 bits per heavy atom. The number of amides is 2. The van der Waals surface area contributed by atoms with E-state index in [1.807, 2.05) is 30.3 Å². The van der Waals surface area contributed by atoms with Gasteiger partial charge >= 0.3 is 6.03 Å². The molecule has 1 heterocycles. The van der Waals surface area contributed by atoms with Crippen LogP contribution in [0.15, 0.2) is 59.6 Å². The number of hydrogen-bond acceptors (Lipinski definition) is 3. The molecule has 0 aliphatic carbocycles. The molecule has 124 valence electrons. The number of carbonyl (C=O) groups excluding carboxylic acids is 1. The van der Waals surface area contributed by atoms with Gasteiger partial charge in [-0.1, -0.05) is 30.0 Å². The summed E-state index contributed by atoms with van der Waals surface area (Å²) >= 11 is 1.57. The van der Waals surface area contributed by atoms with Gasteiger partial charge in [-0.25, -0.2) is 14.1 Å². The molecule has 2 aromatic carbocycles. The Morgan fingerprint density at radius 2 is 1.83 bits per heavy atom. The lowest BCUT2D eigenvalue weighted by Gasteiger charge is -2.24. The standard InChI is InChI=1S/C18H18FN3OS/c1-18(2)12-20-17(24-18)22(15-6-4-3-5-7-15)16(23)21-14-10-8-13(19)9-11-14/h3-11H,12H2,1-2H3,(H,21,23). The number of benzene rings is 2. The first kappa shape index (κ1) is 16.5. The smallest absolute Gasteiger partial charge is 0.307 e. The van der Waals surface area contributed by atoms with Gasteiger partial charge in [0.25, 0.3) is 0 Å². The zero-order chi connectivity index (χ0) is 17.2. The lowest BCUT2D eigenvalue weighted by Crippen LogP contribution is -2.38. The first-order valence-electron chi connectivity index (χ1n) is 7.60. The molecule has 1 aliphatic heterocycles. The molecule has 0 bridgehead atoms. The first-order valence-corrected chi connectivity index (χ1v) is 8.41. The van der Waals surface area contributed by atoms with E-state index in [1.165, 1.54) is 24.3 Å². The van der Waals surface area contributed by atoms with Crippen LogP contribution in [0.4, 0.5) is 20.6 Å². The number of urea groups is 1. The van der Waals surface area contributed by atoms with E-state index in [-0.39, 0.29) is 16.6 Å². The second kappa shape index (κ2) is 6.65. The molecular weight excluding hydrogens is 325 g/mol. The molecule has 0 saturated carbocycles. The summed E-state index contributed by atoms with van der Waals surface area (Å²) < 4.78 is 13.0. The minimum Gasteiger partial charge on any atom is -0.307 e. The summed E-state index contributed by atoms with van der Waals surface area (Å²) in [4.78, 5) is 18.9. The number of aliphatic imine (C=N–C) groups is 1. The molecule has 0 saturated heterocycles. The van der Waals surface area contributed by atoms with E-state index in [0.717, 1.165) is 5.69 Å². The third kappa shape index (κ3) is 3.76. The molecule has 1 aliphatic rings. The number of nitrogens with one attached hydrogen (secondary N) is 1. The molecule has 4 nitrogen and oxygen atoms in total. The Hall–Kier alpha value is -2.34. The van der Waals surface area contributed by atoms with Crippen LogP contribution in [0.2, 0.25) is 0 Å². The highest BCUT2D eigenvalue weighted by Crippen LogP contribution is 2.35. The quantitative estimate of drug-likeness (QED) is 0.855.